The molecule has 1 saturated heterocycles. The standard InChI is InChI=1S/C18H29N3O2S/c1-18(2,21-7-9-23-10-8-21)14-19-17(22)13-20(15-5-6-15)12-16-4-3-11-24-16/h3-4,11,15H,5-10,12-14H2,1-2H3,(H,19,22). The summed E-state index contributed by atoms with van der Waals surface area (Å²) in [4.78, 5) is 18.5. The third-order valence-electron chi connectivity index (χ3n) is 4.93. The Labute approximate surface area is 149 Å². The second-order valence-electron chi connectivity index (χ2n) is 7.40. The van der Waals surface area contributed by atoms with Crippen LogP contribution in [0.1, 0.15) is 31.6 Å². The van der Waals surface area contributed by atoms with Gasteiger partial charge in [-0.15, -0.1) is 11.3 Å². The fourth-order valence-corrected chi connectivity index (χ4v) is 3.92. The van der Waals surface area contributed by atoms with E-state index in [2.05, 4.69) is 46.5 Å². The molecule has 0 radical (unpaired) electrons. The minimum atomic E-state index is -0.0302. The Morgan fingerprint density at radius 1 is 1.42 bits per heavy atom. The van der Waals surface area contributed by atoms with Crippen molar-refractivity contribution in [3.8, 4) is 0 Å². The summed E-state index contributed by atoms with van der Waals surface area (Å²) in [6.45, 7) is 9.92. The molecule has 6 heteroatoms. The van der Waals surface area contributed by atoms with E-state index in [0.717, 1.165) is 32.8 Å². The van der Waals surface area contributed by atoms with Crippen molar-refractivity contribution >= 4 is 17.2 Å². The van der Waals surface area contributed by atoms with E-state index < -0.39 is 0 Å². The number of ether oxygens (including phenoxy) is 1. The number of nitrogens with one attached hydrogen (secondary N) is 1. The van der Waals surface area contributed by atoms with Gasteiger partial charge in [0.15, 0.2) is 0 Å². The van der Waals surface area contributed by atoms with E-state index in [1.807, 2.05) is 0 Å². The summed E-state index contributed by atoms with van der Waals surface area (Å²) >= 11 is 1.77. The smallest absolute Gasteiger partial charge is 0.234 e. The molecule has 0 bridgehead atoms. The lowest BCUT2D eigenvalue weighted by Crippen LogP contribution is -2.56. The predicted molar refractivity (Wildman–Crippen MR) is 97.2 cm³/mol. The van der Waals surface area contributed by atoms with E-state index in [4.69, 9.17) is 4.74 Å². The average molecular weight is 352 g/mol. The lowest BCUT2D eigenvalue weighted by molar-refractivity contribution is -0.123. The average Bonchev–Trinajstić information content (AvgIpc) is 3.31. The number of nitrogens with zero attached hydrogens (tertiary/aromatic N) is 2. The van der Waals surface area contributed by atoms with Crippen LogP contribution >= 0.6 is 11.3 Å². The van der Waals surface area contributed by atoms with Gasteiger partial charge in [-0.25, -0.2) is 0 Å². The van der Waals surface area contributed by atoms with Crippen LogP contribution in [-0.2, 0) is 16.1 Å². The van der Waals surface area contributed by atoms with Gasteiger partial charge in [0.05, 0.1) is 19.8 Å². The van der Waals surface area contributed by atoms with Crippen LogP contribution in [0.15, 0.2) is 17.5 Å². The second kappa shape index (κ2) is 7.95. The van der Waals surface area contributed by atoms with Crippen LogP contribution < -0.4 is 5.32 Å². The third-order valence-corrected chi connectivity index (χ3v) is 5.80. The quantitative estimate of drug-likeness (QED) is 0.777. The number of carbonyl (C=O) groups is 1. The normalized spacial score (nSPS) is 19.6. The molecule has 1 aromatic heterocycles. The number of morpholine rings is 1. The van der Waals surface area contributed by atoms with Crippen molar-refractivity contribution in [3.63, 3.8) is 0 Å². The van der Waals surface area contributed by atoms with E-state index >= 15 is 0 Å². The van der Waals surface area contributed by atoms with E-state index in [1.165, 1.54) is 17.7 Å². The number of thiophene rings is 1. The molecule has 1 aromatic rings. The monoisotopic (exact) mass is 351 g/mol. The Balaban J connectivity index is 1.46. The molecule has 24 heavy (non-hydrogen) atoms. The van der Waals surface area contributed by atoms with Crippen LogP contribution in [0.3, 0.4) is 0 Å². The lowest BCUT2D eigenvalue weighted by Gasteiger charge is -2.41. The summed E-state index contributed by atoms with van der Waals surface area (Å²) in [5, 5.41) is 5.26. The highest BCUT2D eigenvalue weighted by Gasteiger charge is 2.32. The van der Waals surface area contributed by atoms with E-state index in [-0.39, 0.29) is 11.4 Å². The van der Waals surface area contributed by atoms with E-state index in [0.29, 0.717) is 19.1 Å². The molecule has 1 aliphatic carbocycles. The van der Waals surface area contributed by atoms with Crippen LogP contribution in [0.5, 0.6) is 0 Å². The Bertz CT molecular complexity index is 522. The molecular weight excluding hydrogens is 322 g/mol. The zero-order valence-corrected chi connectivity index (χ0v) is 15.6. The minimum Gasteiger partial charge on any atom is -0.379 e. The number of carbonyl (C=O) groups excluding carboxylic acids is 1. The van der Waals surface area contributed by atoms with Gasteiger partial charge >= 0.3 is 0 Å². The molecule has 0 unspecified atom stereocenters. The summed E-state index contributed by atoms with van der Waals surface area (Å²) in [6.07, 6.45) is 2.44. The summed E-state index contributed by atoms with van der Waals surface area (Å²) in [7, 11) is 0. The molecule has 1 saturated carbocycles. The fraction of sp³-hybridized carbons (Fsp3) is 0.722. The number of hydrogen-bond acceptors (Lipinski definition) is 5. The van der Waals surface area contributed by atoms with Crippen molar-refractivity contribution in [2.24, 2.45) is 0 Å². The maximum absolute atomic E-state index is 12.5. The zero-order valence-electron chi connectivity index (χ0n) is 14.8. The van der Waals surface area contributed by atoms with Crippen molar-refractivity contribution in [2.75, 3.05) is 39.4 Å². The third kappa shape index (κ3) is 5.02. The molecule has 3 rings (SSSR count). The topological polar surface area (TPSA) is 44.8 Å². The molecule has 0 spiro atoms. The van der Waals surface area contributed by atoms with Crippen LogP contribution in [0, 0.1) is 0 Å². The minimum absolute atomic E-state index is 0.0302. The molecule has 2 aliphatic rings. The fourth-order valence-electron chi connectivity index (χ4n) is 3.19. The van der Waals surface area contributed by atoms with Gasteiger partial charge in [0, 0.05) is 42.6 Å². The van der Waals surface area contributed by atoms with Crippen LogP contribution in [0.2, 0.25) is 0 Å². The van der Waals surface area contributed by atoms with Crippen molar-refractivity contribution in [3.05, 3.63) is 22.4 Å². The Morgan fingerprint density at radius 2 is 2.17 bits per heavy atom. The first kappa shape index (κ1) is 17.9. The molecular formula is C18H29N3O2S. The van der Waals surface area contributed by atoms with Gasteiger partial charge in [-0.1, -0.05) is 6.07 Å². The van der Waals surface area contributed by atoms with Gasteiger partial charge in [-0.3, -0.25) is 14.6 Å². The first-order chi connectivity index (χ1) is 11.5. The number of rotatable bonds is 8. The van der Waals surface area contributed by atoms with Gasteiger partial charge in [0.25, 0.3) is 0 Å². The molecule has 2 heterocycles. The van der Waals surface area contributed by atoms with Gasteiger partial charge < -0.3 is 10.1 Å². The summed E-state index contributed by atoms with van der Waals surface area (Å²) in [6, 6.07) is 4.82. The van der Waals surface area contributed by atoms with Gasteiger partial charge in [-0.2, -0.15) is 0 Å². The van der Waals surface area contributed by atoms with Crippen molar-refractivity contribution in [2.45, 2.75) is 44.8 Å². The number of amides is 1. The highest BCUT2D eigenvalue weighted by molar-refractivity contribution is 7.09. The Hall–Kier alpha value is -0.950. The van der Waals surface area contributed by atoms with Gasteiger partial charge in [0.1, 0.15) is 0 Å². The predicted octanol–water partition coefficient (Wildman–Crippen LogP) is 1.94. The van der Waals surface area contributed by atoms with E-state index in [1.54, 1.807) is 11.3 Å². The molecule has 2 fully saturated rings. The summed E-state index contributed by atoms with van der Waals surface area (Å²) in [5.74, 6) is 0.139. The first-order valence-corrected chi connectivity index (χ1v) is 9.78. The molecule has 1 aliphatic heterocycles. The highest BCUT2D eigenvalue weighted by Crippen LogP contribution is 2.28. The summed E-state index contributed by atoms with van der Waals surface area (Å²) < 4.78 is 5.42. The maximum Gasteiger partial charge on any atom is 0.234 e. The lowest BCUT2D eigenvalue weighted by atomic mass is 10.0. The number of hydrogen-bond donors (Lipinski definition) is 1. The summed E-state index contributed by atoms with van der Waals surface area (Å²) in [5.41, 5.74) is -0.0302. The largest absolute Gasteiger partial charge is 0.379 e. The van der Waals surface area contributed by atoms with Crippen molar-refractivity contribution in [1.29, 1.82) is 0 Å². The Kier molecular flexibility index (Phi) is 5.92. The Morgan fingerprint density at radius 3 is 2.79 bits per heavy atom. The molecule has 0 atom stereocenters. The van der Waals surface area contributed by atoms with Crippen molar-refractivity contribution in [1.82, 2.24) is 15.1 Å². The van der Waals surface area contributed by atoms with Crippen LogP contribution in [-0.4, -0.2) is 66.7 Å². The van der Waals surface area contributed by atoms with Gasteiger partial charge in [-0.05, 0) is 38.1 Å². The zero-order chi connectivity index (χ0) is 17.0. The van der Waals surface area contributed by atoms with Gasteiger partial charge in [0.2, 0.25) is 5.91 Å². The molecule has 0 aromatic carbocycles. The highest BCUT2D eigenvalue weighted by atomic mass is 32.1. The molecule has 134 valence electrons. The van der Waals surface area contributed by atoms with E-state index in [9.17, 15) is 4.79 Å². The molecule has 1 amide bonds. The van der Waals surface area contributed by atoms with Crippen LogP contribution in [0.25, 0.3) is 0 Å². The SMILES string of the molecule is CC(C)(CNC(=O)CN(Cc1cccs1)C1CC1)N1CCOCC1. The molecule has 1 N–H and O–H groups in total. The maximum atomic E-state index is 12.5. The second-order valence-corrected chi connectivity index (χ2v) is 8.44. The first-order valence-electron chi connectivity index (χ1n) is 8.90. The van der Waals surface area contributed by atoms with Crippen LogP contribution in [0.4, 0.5) is 0 Å². The van der Waals surface area contributed by atoms with Crippen molar-refractivity contribution < 1.29 is 9.53 Å². The molecule has 5 nitrogen and oxygen atoms in total.